The Bertz CT molecular complexity index is 454. The van der Waals surface area contributed by atoms with Gasteiger partial charge in [0.05, 0.1) is 13.0 Å². The molecule has 1 amide bonds. The van der Waals surface area contributed by atoms with Crippen LogP contribution in [0.5, 0.6) is 5.75 Å². The van der Waals surface area contributed by atoms with Gasteiger partial charge in [0.2, 0.25) is 5.91 Å². The zero-order valence-corrected chi connectivity index (χ0v) is 12.4. The van der Waals surface area contributed by atoms with E-state index in [1.165, 1.54) is 6.42 Å². The summed E-state index contributed by atoms with van der Waals surface area (Å²) in [5.74, 6) is 0.870. The molecule has 0 saturated carbocycles. The number of carbonyl (C=O) groups excluding carboxylic acids is 1. The van der Waals surface area contributed by atoms with Crippen molar-refractivity contribution >= 4 is 5.91 Å². The molecule has 0 aromatic heterocycles. The highest BCUT2D eigenvalue weighted by atomic mass is 16.5. The molecule has 1 aliphatic rings. The first-order chi connectivity index (χ1) is 9.57. The minimum absolute atomic E-state index is 0.0487. The lowest BCUT2D eigenvalue weighted by Gasteiger charge is -2.24. The minimum Gasteiger partial charge on any atom is -0.493 e. The summed E-state index contributed by atoms with van der Waals surface area (Å²) in [5.41, 5.74) is 1.22. The second kappa shape index (κ2) is 6.75. The van der Waals surface area contributed by atoms with Gasteiger partial charge in [-0.15, -0.1) is 0 Å². The number of rotatable bonds is 6. The maximum absolute atomic E-state index is 11.8. The summed E-state index contributed by atoms with van der Waals surface area (Å²) >= 11 is 0. The van der Waals surface area contributed by atoms with Gasteiger partial charge in [0.15, 0.2) is 0 Å². The molecule has 1 atom stereocenters. The lowest BCUT2D eigenvalue weighted by molar-refractivity contribution is -0.121. The monoisotopic (exact) mass is 276 g/mol. The van der Waals surface area contributed by atoms with Gasteiger partial charge in [0.25, 0.3) is 0 Å². The first-order valence-corrected chi connectivity index (χ1v) is 7.29. The van der Waals surface area contributed by atoms with Gasteiger partial charge in [-0.05, 0) is 50.9 Å². The Morgan fingerprint density at radius 2 is 2.35 bits per heavy atom. The van der Waals surface area contributed by atoms with E-state index in [1.807, 2.05) is 31.2 Å². The van der Waals surface area contributed by atoms with Crippen molar-refractivity contribution < 1.29 is 9.53 Å². The summed E-state index contributed by atoms with van der Waals surface area (Å²) in [4.78, 5) is 11.8. The van der Waals surface area contributed by atoms with Crippen LogP contribution in [-0.4, -0.2) is 31.1 Å². The highest BCUT2D eigenvalue weighted by molar-refractivity contribution is 5.76. The van der Waals surface area contributed by atoms with Crippen molar-refractivity contribution in [2.75, 3.05) is 19.7 Å². The second-order valence-electron chi connectivity index (χ2n) is 5.78. The third kappa shape index (κ3) is 4.53. The molecule has 2 N–H and O–H groups in total. The fourth-order valence-corrected chi connectivity index (χ4v) is 2.46. The van der Waals surface area contributed by atoms with Crippen molar-refractivity contribution in [2.24, 2.45) is 0 Å². The lowest BCUT2D eigenvalue weighted by Crippen LogP contribution is -2.47. The molecule has 4 heteroatoms. The molecule has 0 aliphatic carbocycles. The molecule has 1 unspecified atom stereocenters. The fraction of sp³-hybridized carbons (Fsp3) is 0.562. The van der Waals surface area contributed by atoms with Crippen LogP contribution in [0.1, 0.15) is 31.7 Å². The summed E-state index contributed by atoms with van der Waals surface area (Å²) in [6.07, 6.45) is 2.69. The molecule has 1 fully saturated rings. The van der Waals surface area contributed by atoms with E-state index in [9.17, 15) is 4.79 Å². The molecule has 110 valence electrons. The molecular weight excluding hydrogens is 252 g/mol. The highest BCUT2D eigenvalue weighted by Crippen LogP contribution is 2.17. The number of nitrogens with one attached hydrogen (secondary N) is 2. The van der Waals surface area contributed by atoms with E-state index in [0.29, 0.717) is 19.6 Å². The molecule has 1 saturated heterocycles. The Morgan fingerprint density at radius 3 is 3.05 bits per heavy atom. The molecule has 0 spiro atoms. The fourth-order valence-electron chi connectivity index (χ4n) is 2.46. The summed E-state index contributed by atoms with van der Waals surface area (Å²) in [6, 6.07) is 7.86. The number of amides is 1. The first-order valence-electron chi connectivity index (χ1n) is 7.29. The van der Waals surface area contributed by atoms with Crippen LogP contribution in [0, 0.1) is 6.92 Å². The minimum atomic E-state index is 0.0487. The van der Waals surface area contributed by atoms with E-state index in [0.717, 1.165) is 24.3 Å². The second-order valence-corrected chi connectivity index (χ2v) is 5.78. The standard InChI is InChI=1S/C16H24N2O2/c1-13-5-3-6-14(11-13)20-10-7-15(19)17-12-16(2)8-4-9-18-16/h3,5-6,11,18H,4,7-10,12H2,1-2H3,(H,17,19). The molecule has 1 aromatic carbocycles. The average molecular weight is 276 g/mol. The van der Waals surface area contributed by atoms with Gasteiger partial charge < -0.3 is 15.4 Å². The Kier molecular flexibility index (Phi) is 5.01. The smallest absolute Gasteiger partial charge is 0.223 e. The van der Waals surface area contributed by atoms with E-state index < -0.39 is 0 Å². The highest BCUT2D eigenvalue weighted by Gasteiger charge is 2.27. The van der Waals surface area contributed by atoms with Crippen molar-refractivity contribution in [3.63, 3.8) is 0 Å². The quantitative estimate of drug-likeness (QED) is 0.836. The Balaban J connectivity index is 1.65. The van der Waals surface area contributed by atoms with E-state index in [1.54, 1.807) is 0 Å². The molecule has 4 nitrogen and oxygen atoms in total. The summed E-state index contributed by atoms with van der Waals surface area (Å²) in [5, 5.41) is 6.41. The van der Waals surface area contributed by atoms with E-state index in [2.05, 4.69) is 17.6 Å². The Labute approximate surface area is 120 Å². The maximum atomic E-state index is 11.8. The van der Waals surface area contributed by atoms with Crippen LogP contribution in [0.3, 0.4) is 0 Å². The number of carbonyl (C=O) groups is 1. The number of hydrogen-bond donors (Lipinski definition) is 2. The Hall–Kier alpha value is -1.55. The third-order valence-electron chi connectivity index (χ3n) is 3.72. The molecule has 0 radical (unpaired) electrons. The molecule has 2 rings (SSSR count). The van der Waals surface area contributed by atoms with E-state index in [-0.39, 0.29) is 11.4 Å². The van der Waals surface area contributed by atoms with Crippen LogP contribution in [0.2, 0.25) is 0 Å². The van der Waals surface area contributed by atoms with Crippen molar-refractivity contribution in [3.05, 3.63) is 29.8 Å². The molecule has 1 heterocycles. The summed E-state index contributed by atoms with van der Waals surface area (Å²) in [7, 11) is 0. The number of ether oxygens (including phenoxy) is 1. The predicted octanol–water partition coefficient (Wildman–Crippen LogP) is 2.02. The van der Waals surface area contributed by atoms with Crippen molar-refractivity contribution in [1.82, 2.24) is 10.6 Å². The topological polar surface area (TPSA) is 50.4 Å². The van der Waals surface area contributed by atoms with Crippen LogP contribution in [0.4, 0.5) is 0 Å². The van der Waals surface area contributed by atoms with Crippen molar-refractivity contribution in [3.8, 4) is 5.75 Å². The molecular formula is C16H24N2O2. The largest absolute Gasteiger partial charge is 0.493 e. The SMILES string of the molecule is Cc1cccc(OCCC(=O)NCC2(C)CCCN2)c1. The predicted molar refractivity (Wildman–Crippen MR) is 79.9 cm³/mol. The molecule has 1 aliphatic heterocycles. The van der Waals surface area contributed by atoms with Gasteiger partial charge in [0, 0.05) is 12.1 Å². The zero-order chi connectivity index (χ0) is 14.4. The van der Waals surface area contributed by atoms with Gasteiger partial charge in [0.1, 0.15) is 5.75 Å². The summed E-state index contributed by atoms with van der Waals surface area (Å²) in [6.45, 7) is 6.33. The summed E-state index contributed by atoms with van der Waals surface area (Å²) < 4.78 is 5.58. The van der Waals surface area contributed by atoms with Gasteiger partial charge >= 0.3 is 0 Å². The van der Waals surface area contributed by atoms with Crippen molar-refractivity contribution in [2.45, 2.75) is 38.6 Å². The first kappa shape index (κ1) is 14.9. The molecule has 1 aromatic rings. The van der Waals surface area contributed by atoms with Gasteiger partial charge in [-0.25, -0.2) is 0 Å². The van der Waals surface area contributed by atoms with E-state index in [4.69, 9.17) is 4.74 Å². The average Bonchev–Trinajstić information content (AvgIpc) is 2.84. The van der Waals surface area contributed by atoms with Crippen LogP contribution in [0.25, 0.3) is 0 Å². The lowest BCUT2D eigenvalue weighted by atomic mass is 10.0. The van der Waals surface area contributed by atoms with Crippen LogP contribution < -0.4 is 15.4 Å². The maximum Gasteiger partial charge on any atom is 0.223 e. The van der Waals surface area contributed by atoms with Crippen LogP contribution >= 0.6 is 0 Å². The number of hydrogen-bond acceptors (Lipinski definition) is 3. The van der Waals surface area contributed by atoms with Crippen LogP contribution in [-0.2, 0) is 4.79 Å². The number of aryl methyl sites for hydroxylation is 1. The van der Waals surface area contributed by atoms with E-state index >= 15 is 0 Å². The third-order valence-corrected chi connectivity index (χ3v) is 3.72. The number of benzene rings is 1. The normalized spacial score (nSPS) is 21.7. The van der Waals surface area contributed by atoms with Gasteiger partial charge in [-0.1, -0.05) is 12.1 Å². The van der Waals surface area contributed by atoms with Crippen LogP contribution in [0.15, 0.2) is 24.3 Å². The molecule has 20 heavy (non-hydrogen) atoms. The van der Waals surface area contributed by atoms with Gasteiger partial charge in [-0.3, -0.25) is 4.79 Å². The Morgan fingerprint density at radius 1 is 1.50 bits per heavy atom. The van der Waals surface area contributed by atoms with Gasteiger partial charge in [-0.2, -0.15) is 0 Å². The van der Waals surface area contributed by atoms with Crippen molar-refractivity contribution in [1.29, 1.82) is 0 Å². The molecule has 0 bridgehead atoms. The zero-order valence-electron chi connectivity index (χ0n) is 12.4.